The van der Waals surface area contributed by atoms with E-state index in [0.29, 0.717) is 17.8 Å². The van der Waals surface area contributed by atoms with Crippen LogP contribution in [-0.2, 0) is 0 Å². The number of methoxy groups -OCH3 is 1. The number of rotatable bonds is 4. The zero-order chi connectivity index (χ0) is 13.9. The Morgan fingerprint density at radius 2 is 2.00 bits per heavy atom. The van der Waals surface area contributed by atoms with Crippen LogP contribution in [0.2, 0.25) is 0 Å². The Hall–Kier alpha value is -1.55. The van der Waals surface area contributed by atoms with Crippen molar-refractivity contribution in [2.45, 2.75) is 24.8 Å². The van der Waals surface area contributed by atoms with E-state index in [1.807, 2.05) is 12.1 Å². The molecule has 1 heterocycles. The molecular weight excluding hydrogens is 316 g/mol. The number of benzene rings is 1. The summed E-state index contributed by atoms with van der Waals surface area (Å²) in [6.45, 7) is 0. The Morgan fingerprint density at radius 3 is 2.75 bits per heavy atom. The Bertz CT molecular complexity index is 597. The molecule has 0 radical (unpaired) electrons. The van der Waals surface area contributed by atoms with E-state index in [2.05, 4.69) is 50.5 Å². The van der Waals surface area contributed by atoms with Gasteiger partial charge in [-0.15, -0.1) is 0 Å². The van der Waals surface area contributed by atoms with E-state index in [0.717, 1.165) is 18.5 Å². The van der Waals surface area contributed by atoms with Gasteiger partial charge in [0.2, 0.25) is 5.88 Å². The fourth-order valence-corrected chi connectivity index (χ4v) is 3.29. The Balaban J connectivity index is 1.63. The highest BCUT2D eigenvalue weighted by molar-refractivity contribution is 9.10. The van der Waals surface area contributed by atoms with Crippen molar-refractivity contribution in [3.8, 4) is 5.88 Å². The van der Waals surface area contributed by atoms with Crippen LogP contribution in [0, 0.1) is 0 Å². The molecule has 1 aromatic heterocycles. The van der Waals surface area contributed by atoms with Crippen LogP contribution >= 0.6 is 15.9 Å². The van der Waals surface area contributed by atoms with E-state index in [9.17, 15) is 0 Å². The number of anilines is 1. The first kappa shape index (κ1) is 13.4. The molecule has 3 nitrogen and oxygen atoms in total. The minimum absolute atomic E-state index is 0.491. The Kier molecular flexibility index (Phi) is 3.92. The van der Waals surface area contributed by atoms with Gasteiger partial charge in [-0.3, -0.25) is 0 Å². The lowest BCUT2D eigenvalue weighted by Gasteiger charge is -2.37. The van der Waals surface area contributed by atoms with Gasteiger partial charge in [-0.25, -0.2) is 4.98 Å². The zero-order valence-corrected chi connectivity index (χ0v) is 12.9. The minimum Gasteiger partial charge on any atom is -0.480 e. The predicted molar refractivity (Wildman–Crippen MR) is 84.3 cm³/mol. The summed E-state index contributed by atoms with van der Waals surface area (Å²) in [5, 5.41) is 3.51. The van der Waals surface area contributed by atoms with Crippen molar-refractivity contribution in [2.75, 3.05) is 12.4 Å². The number of ether oxygens (including phenoxy) is 1. The third kappa shape index (κ3) is 2.66. The summed E-state index contributed by atoms with van der Waals surface area (Å²) in [6, 6.07) is 12.9. The zero-order valence-electron chi connectivity index (χ0n) is 11.3. The lowest BCUT2D eigenvalue weighted by Crippen LogP contribution is -2.34. The summed E-state index contributed by atoms with van der Waals surface area (Å²) in [6.07, 6.45) is 4.02. The van der Waals surface area contributed by atoms with Crippen LogP contribution in [0.3, 0.4) is 0 Å². The summed E-state index contributed by atoms with van der Waals surface area (Å²) >= 11 is 3.63. The highest BCUT2D eigenvalue weighted by Gasteiger charge is 2.31. The molecule has 0 aliphatic heterocycles. The van der Waals surface area contributed by atoms with Gasteiger partial charge in [0.05, 0.1) is 12.8 Å². The van der Waals surface area contributed by atoms with Gasteiger partial charge in [0.25, 0.3) is 0 Å². The second-order valence-corrected chi connectivity index (χ2v) is 5.95. The number of hydrogen-bond acceptors (Lipinski definition) is 3. The topological polar surface area (TPSA) is 34.1 Å². The van der Waals surface area contributed by atoms with Crippen LogP contribution in [0.1, 0.15) is 24.3 Å². The first-order valence-electron chi connectivity index (χ1n) is 6.78. The molecule has 2 aromatic rings. The number of pyridine rings is 1. The molecule has 1 aliphatic rings. The maximum absolute atomic E-state index is 5.26. The molecule has 0 bridgehead atoms. The molecule has 1 aliphatic carbocycles. The molecule has 4 heteroatoms. The average molecular weight is 333 g/mol. The number of nitrogens with zero attached hydrogens (tertiary/aromatic N) is 1. The van der Waals surface area contributed by atoms with Crippen molar-refractivity contribution in [1.82, 2.24) is 4.98 Å². The van der Waals surface area contributed by atoms with Crippen LogP contribution in [0.4, 0.5) is 5.69 Å². The molecule has 1 saturated carbocycles. The largest absolute Gasteiger partial charge is 0.480 e. The summed E-state index contributed by atoms with van der Waals surface area (Å²) in [4.78, 5) is 4.21. The molecular formula is C16H17BrN2O. The number of nitrogens with one attached hydrogen (secondary N) is 1. The SMILES string of the molecule is COc1ncccc1NC1CC(c2ccccc2Br)C1. The molecule has 20 heavy (non-hydrogen) atoms. The fourth-order valence-electron chi connectivity index (χ4n) is 2.68. The molecule has 0 atom stereocenters. The quantitative estimate of drug-likeness (QED) is 0.910. The highest BCUT2D eigenvalue weighted by Crippen LogP contribution is 2.41. The third-order valence-electron chi connectivity index (χ3n) is 3.81. The molecule has 1 N–H and O–H groups in total. The summed E-state index contributed by atoms with van der Waals surface area (Å²) < 4.78 is 6.47. The molecule has 0 amide bonds. The van der Waals surface area contributed by atoms with Gasteiger partial charge in [0.1, 0.15) is 0 Å². The molecule has 1 aromatic carbocycles. The van der Waals surface area contributed by atoms with Crippen LogP contribution in [0.25, 0.3) is 0 Å². The van der Waals surface area contributed by atoms with Gasteiger partial charge < -0.3 is 10.1 Å². The van der Waals surface area contributed by atoms with Crippen LogP contribution < -0.4 is 10.1 Å². The van der Waals surface area contributed by atoms with Gasteiger partial charge in [0.15, 0.2) is 0 Å². The van der Waals surface area contributed by atoms with Crippen LogP contribution in [0.5, 0.6) is 5.88 Å². The Labute approximate surface area is 127 Å². The highest BCUT2D eigenvalue weighted by atomic mass is 79.9. The van der Waals surface area contributed by atoms with E-state index in [-0.39, 0.29) is 0 Å². The molecule has 1 fully saturated rings. The molecule has 104 valence electrons. The average Bonchev–Trinajstić information content (AvgIpc) is 2.44. The number of hydrogen-bond donors (Lipinski definition) is 1. The van der Waals surface area contributed by atoms with Crippen LogP contribution in [-0.4, -0.2) is 18.1 Å². The summed E-state index contributed by atoms with van der Waals surface area (Å²) in [5.41, 5.74) is 2.38. The standard InChI is InChI=1S/C16H17BrN2O/c1-20-16-15(7-4-8-18-16)19-12-9-11(10-12)13-5-2-3-6-14(13)17/h2-8,11-12,19H,9-10H2,1H3. The second-order valence-electron chi connectivity index (χ2n) is 5.09. The maximum Gasteiger partial charge on any atom is 0.237 e. The van der Waals surface area contributed by atoms with E-state index in [4.69, 9.17) is 4.74 Å². The Morgan fingerprint density at radius 1 is 1.20 bits per heavy atom. The molecule has 0 saturated heterocycles. The van der Waals surface area contributed by atoms with Crippen molar-refractivity contribution in [3.05, 3.63) is 52.6 Å². The van der Waals surface area contributed by atoms with Crippen molar-refractivity contribution in [2.24, 2.45) is 0 Å². The smallest absolute Gasteiger partial charge is 0.237 e. The monoisotopic (exact) mass is 332 g/mol. The molecule has 3 rings (SSSR count). The van der Waals surface area contributed by atoms with Gasteiger partial charge >= 0.3 is 0 Å². The predicted octanol–water partition coefficient (Wildman–Crippen LogP) is 4.21. The van der Waals surface area contributed by atoms with Crippen molar-refractivity contribution in [3.63, 3.8) is 0 Å². The molecule has 0 unspecified atom stereocenters. The molecule has 0 spiro atoms. The summed E-state index contributed by atoms with van der Waals surface area (Å²) in [5.74, 6) is 1.29. The van der Waals surface area contributed by atoms with E-state index >= 15 is 0 Å². The first-order valence-corrected chi connectivity index (χ1v) is 7.57. The lowest BCUT2D eigenvalue weighted by molar-refractivity contribution is 0.367. The second kappa shape index (κ2) is 5.83. The van der Waals surface area contributed by atoms with Crippen LogP contribution in [0.15, 0.2) is 47.1 Å². The van der Waals surface area contributed by atoms with Gasteiger partial charge in [0, 0.05) is 16.7 Å². The van der Waals surface area contributed by atoms with Gasteiger partial charge in [-0.05, 0) is 42.5 Å². The van der Waals surface area contributed by atoms with Crippen molar-refractivity contribution < 1.29 is 4.74 Å². The van der Waals surface area contributed by atoms with Crippen molar-refractivity contribution >= 4 is 21.6 Å². The van der Waals surface area contributed by atoms with E-state index in [1.165, 1.54) is 10.0 Å². The van der Waals surface area contributed by atoms with Gasteiger partial charge in [-0.2, -0.15) is 0 Å². The first-order chi connectivity index (χ1) is 9.78. The maximum atomic E-state index is 5.26. The number of halogens is 1. The number of aromatic nitrogens is 1. The summed E-state index contributed by atoms with van der Waals surface area (Å²) in [7, 11) is 1.65. The van der Waals surface area contributed by atoms with E-state index < -0.39 is 0 Å². The normalized spacial score (nSPS) is 21.1. The minimum atomic E-state index is 0.491. The van der Waals surface area contributed by atoms with Gasteiger partial charge in [-0.1, -0.05) is 34.1 Å². The fraction of sp³-hybridized carbons (Fsp3) is 0.312. The van der Waals surface area contributed by atoms with E-state index in [1.54, 1.807) is 13.3 Å². The van der Waals surface area contributed by atoms with Crippen molar-refractivity contribution in [1.29, 1.82) is 0 Å². The lowest BCUT2D eigenvalue weighted by atomic mass is 9.76. The third-order valence-corrected chi connectivity index (χ3v) is 4.53.